The van der Waals surface area contributed by atoms with Crippen LogP contribution in [-0.4, -0.2) is 11.8 Å². The van der Waals surface area contributed by atoms with E-state index in [4.69, 9.17) is 4.74 Å². The smallest absolute Gasteiger partial charge is 0.349 e. The second kappa shape index (κ2) is 8.94. The van der Waals surface area contributed by atoms with Gasteiger partial charge in [0.15, 0.2) is 12.4 Å². The van der Waals surface area contributed by atoms with Gasteiger partial charge in [-0.25, -0.2) is 9.36 Å². The summed E-state index contributed by atoms with van der Waals surface area (Å²) >= 11 is 0. The van der Waals surface area contributed by atoms with Crippen molar-refractivity contribution in [1.82, 2.24) is 0 Å². The van der Waals surface area contributed by atoms with Crippen LogP contribution in [0.15, 0.2) is 48.0 Å². The fraction of sp³-hybridized carbons (Fsp3) is 0.607. The van der Waals surface area contributed by atoms with Gasteiger partial charge in [-0.1, -0.05) is 19.9 Å². The molecule has 5 rings (SSSR count). The first kappa shape index (κ1) is 24.6. The van der Waals surface area contributed by atoms with Gasteiger partial charge in [-0.05, 0) is 91.7 Å². The Morgan fingerprint density at radius 2 is 1.91 bits per heavy atom. The Kier molecular flexibility index (Phi) is 6.67. The number of hydrogen-bond donors (Lipinski definition) is 0. The van der Waals surface area contributed by atoms with E-state index in [0.29, 0.717) is 29.1 Å². The van der Waals surface area contributed by atoms with E-state index in [1.165, 1.54) is 24.8 Å². The Morgan fingerprint density at radius 3 is 2.64 bits per heavy atom. The summed E-state index contributed by atoms with van der Waals surface area (Å²) < 4.78 is 7.68. The highest BCUT2D eigenvalue weighted by atomic mass is 127. The molecule has 1 aromatic heterocycles. The van der Waals surface area contributed by atoms with Gasteiger partial charge >= 0.3 is 5.97 Å². The third kappa shape index (κ3) is 4.02. The second-order valence-electron chi connectivity index (χ2n) is 11.2. The molecule has 5 heteroatoms. The van der Waals surface area contributed by atoms with Crippen LogP contribution < -0.4 is 28.5 Å². The molecule has 0 aliphatic heterocycles. The Hall–Kier alpha value is -1.50. The van der Waals surface area contributed by atoms with Gasteiger partial charge in [0, 0.05) is 18.4 Å². The molecular weight excluding hydrogens is 525 g/mol. The highest BCUT2D eigenvalue weighted by Gasteiger charge is 2.59. The SMILES string of the molecule is CC(=O)C1CCC2C3CC=C4C=C(OC(=O)c5ccc[n+](C)c5)CCC4(C)C3CCC12C.[I-]. The average Bonchev–Trinajstić information content (AvgIpc) is 3.11. The first-order valence-electron chi connectivity index (χ1n) is 12.3. The summed E-state index contributed by atoms with van der Waals surface area (Å²) in [7, 11) is 1.91. The molecule has 4 aliphatic rings. The number of fused-ring (bicyclic) bond motifs is 5. The zero-order valence-corrected chi connectivity index (χ0v) is 22.4. The molecule has 1 heterocycles. The van der Waals surface area contributed by atoms with E-state index in [0.717, 1.165) is 31.4 Å². The van der Waals surface area contributed by atoms with Crippen molar-refractivity contribution in [3.63, 3.8) is 0 Å². The number of Topliss-reactive ketones (excluding diaryl/α,β-unsaturated/α-hetero) is 1. The van der Waals surface area contributed by atoms with Gasteiger partial charge in [0.25, 0.3) is 0 Å². The molecule has 0 N–H and O–H groups in total. The molecule has 0 saturated heterocycles. The predicted molar refractivity (Wildman–Crippen MR) is 122 cm³/mol. The van der Waals surface area contributed by atoms with Gasteiger partial charge in [0.1, 0.15) is 24.2 Å². The lowest BCUT2D eigenvalue weighted by atomic mass is 9.48. The van der Waals surface area contributed by atoms with E-state index < -0.39 is 0 Å². The third-order valence-electron chi connectivity index (χ3n) is 9.62. The molecule has 0 bridgehead atoms. The fourth-order valence-corrected chi connectivity index (χ4v) is 7.93. The molecule has 4 nitrogen and oxygen atoms in total. The van der Waals surface area contributed by atoms with Crippen molar-refractivity contribution in [2.75, 3.05) is 0 Å². The van der Waals surface area contributed by atoms with E-state index in [1.54, 1.807) is 19.2 Å². The first-order chi connectivity index (χ1) is 15.2. The number of pyridine rings is 1. The third-order valence-corrected chi connectivity index (χ3v) is 9.62. The Morgan fingerprint density at radius 1 is 1.12 bits per heavy atom. The number of aryl methyl sites for hydroxylation is 1. The maximum atomic E-state index is 12.7. The molecular formula is C28H36INO3. The Balaban J connectivity index is 0.00000259. The van der Waals surface area contributed by atoms with Crippen molar-refractivity contribution in [2.24, 2.45) is 41.5 Å². The molecule has 6 atom stereocenters. The standard InChI is InChI=1S/C28H36NO3.HI/c1-18(30)23-9-10-24-22-8-7-20-16-21(32-26(31)19-6-5-15-29(4)17-19)11-13-27(20,2)25(22)12-14-28(23,24)3;/h5-7,15-17,22-25H,8-14H2,1-4H3;1H/q+1;/p-1. The van der Waals surface area contributed by atoms with E-state index in [1.807, 2.05) is 23.9 Å². The number of rotatable bonds is 3. The van der Waals surface area contributed by atoms with E-state index in [2.05, 4.69) is 26.0 Å². The summed E-state index contributed by atoms with van der Waals surface area (Å²) in [5.41, 5.74) is 2.27. The lowest BCUT2D eigenvalue weighted by Gasteiger charge is -2.56. The second-order valence-corrected chi connectivity index (χ2v) is 11.2. The molecule has 2 saturated carbocycles. The zero-order chi connectivity index (χ0) is 22.7. The van der Waals surface area contributed by atoms with Gasteiger partial charge in [-0.3, -0.25) is 4.79 Å². The minimum absolute atomic E-state index is 0. The molecule has 0 spiro atoms. The van der Waals surface area contributed by atoms with Crippen LogP contribution in [0.2, 0.25) is 0 Å². The number of esters is 1. The minimum Gasteiger partial charge on any atom is -1.00 e. The van der Waals surface area contributed by atoms with Crippen molar-refractivity contribution in [2.45, 2.75) is 65.7 Å². The van der Waals surface area contributed by atoms with Crippen LogP contribution in [0.4, 0.5) is 0 Å². The Bertz CT molecular complexity index is 1030. The monoisotopic (exact) mass is 561 g/mol. The van der Waals surface area contributed by atoms with Crippen molar-refractivity contribution in [1.29, 1.82) is 0 Å². The number of allylic oxidation sites excluding steroid dienone is 4. The van der Waals surface area contributed by atoms with Crippen molar-refractivity contribution < 1.29 is 42.9 Å². The molecule has 33 heavy (non-hydrogen) atoms. The highest BCUT2D eigenvalue weighted by molar-refractivity contribution is 5.89. The summed E-state index contributed by atoms with van der Waals surface area (Å²) in [6.45, 7) is 6.63. The molecule has 0 amide bonds. The van der Waals surface area contributed by atoms with Crippen LogP contribution in [0.1, 0.15) is 76.1 Å². The average molecular weight is 562 g/mol. The molecule has 0 aromatic carbocycles. The maximum Gasteiger partial charge on any atom is 0.349 e. The lowest BCUT2D eigenvalue weighted by molar-refractivity contribution is -0.671. The van der Waals surface area contributed by atoms with Crippen LogP contribution in [0.25, 0.3) is 0 Å². The molecule has 2 fully saturated rings. The lowest BCUT2D eigenvalue weighted by Crippen LogP contribution is -3.00. The summed E-state index contributed by atoms with van der Waals surface area (Å²) in [6, 6.07) is 3.67. The van der Waals surface area contributed by atoms with Crippen LogP contribution >= 0.6 is 0 Å². The van der Waals surface area contributed by atoms with Crippen LogP contribution in [0.5, 0.6) is 0 Å². The molecule has 1 aromatic rings. The fourth-order valence-electron chi connectivity index (χ4n) is 7.93. The molecule has 178 valence electrons. The van der Waals surface area contributed by atoms with Crippen LogP contribution in [0, 0.1) is 34.5 Å². The van der Waals surface area contributed by atoms with Gasteiger partial charge in [-0.15, -0.1) is 0 Å². The minimum atomic E-state index is -0.278. The summed E-state index contributed by atoms with van der Waals surface area (Å²) in [5.74, 6) is 3.16. The van der Waals surface area contributed by atoms with Crippen molar-refractivity contribution in [3.05, 3.63) is 53.6 Å². The highest BCUT2D eigenvalue weighted by Crippen LogP contribution is 2.66. The van der Waals surface area contributed by atoms with Crippen molar-refractivity contribution >= 4 is 11.8 Å². The molecule has 6 unspecified atom stereocenters. The normalized spacial score (nSPS) is 36.8. The number of ether oxygens (including phenoxy) is 1. The first-order valence-corrected chi connectivity index (χ1v) is 12.3. The maximum absolute atomic E-state index is 12.7. The van der Waals surface area contributed by atoms with Gasteiger partial charge < -0.3 is 28.7 Å². The molecule has 0 radical (unpaired) electrons. The van der Waals surface area contributed by atoms with Gasteiger partial charge in [0.2, 0.25) is 0 Å². The zero-order valence-electron chi connectivity index (χ0n) is 20.3. The largest absolute Gasteiger partial charge is 1.00 e. The number of nitrogens with zero attached hydrogens (tertiary/aromatic N) is 1. The Labute approximate surface area is 214 Å². The molecule has 4 aliphatic carbocycles. The number of carbonyl (C=O) groups excluding carboxylic acids is 2. The number of aromatic nitrogens is 1. The summed E-state index contributed by atoms with van der Waals surface area (Å²) in [4.78, 5) is 25.0. The van der Waals surface area contributed by atoms with Crippen LogP contribution in [0.3, 0.4) is 0 Å². The number of ketones is 1. The van der Waals surface area contributed by atoms with Gasteiger partial charge in [-0.2, -0.15) is 0 Å². The number of carbonyl (C=O) groups is 2. The summed E-state index contributed by atoms with van der Waals surface area (Å²) in [5, 5.41) is 0. The number of hydrogen-bond acceptors (Lipinski definition) is 3. The topological polar surface area (TPSA) is 47.3 Å². The predicted octanol–water partition coefficient (Wildman–Crippen LogP) is 2.33. The van der Waals surface area contributed by atoms with E-state index in [-0.39, 0.29) is 46.7 Å². The van der Waals surface area contributed by atoms with E-state index >= 15 is 0 Å². The summed E-state index contributed by atoms with van der Waals surface area (Å²) in [6.07, 6.45) is 15.9. The van der Waals surface area contributed by atoms with Crippen molar-refractivity contribution in [3.8, 4) is 0 Å². The van der Waals surface area contributed by atoms with Gasteiger partial charge in [0.05, 0.1) is 0 Å². The quantitative estimate of drug-likeness (QED) is 0.324. The van der Waals surface area contributed by atoms with Crippen LogP contribution in [-0.2, 0) is 16.6 Å². The number of halogens is 1. The van der Waals surface area contributed by atoms with E-state index in [9.17, 15) is 9.59 Å².